The van der Waals surface area contributed by atoms with Gasteiger partial charge in [0.15, 0.2) is 0 Å². The second-order valence-electron chi connectivity index (χ2n) is 5.64. The van der Waals surface area contributed by atoms with Crippen LogP contribution in [0.2, 0.25) is 0 Å². The highest BCUT2D eigenvalue weighted by Crippen LogP contribution is 2.20. The number of piperidine rings is 1. The van der Waals surface area contributed by atoms with Crippen LogP contribution in [0.1, 0.15) is 34.3 Å². The number of carbonyl (C=O) groups excluding carboxylic acids is 1. The minimum absolute atomic E-state index is 0.193. The molecule has 1 amide bonds. The predicted octanol–water partition coefficient (Wildman–Crippen LogP) is 2.38. The Morgan fingerprint density at radius 1 is 1.42 bits per heavy atom. The Labute approximate surface area is 116 Å². The fourth-order valence-corrected chi connectivity index (χ4v) is 2.93. The first kappa shape index (κ1) is 14.1. The number of hydrogen-bond acceptors (Lipinski definition) is 2. The smallest absolute Gasteiger partial charge is 0.254 e. The van der Waals surface area contributed by atoms with Crippen LogP contribution < -0.4 is 5.32 Å². The van der Waals surface area contributed by atoms with Crippen LogP contribution in [0.25, 0.3) is 0 Å². The number of nitrogens with zero attached hydrogens (tertiary/aromatic N) is 1. The summed E-state index contributed by atoms with van der Waals surface area (Å²) in [6, 6.07) is 6.08. The van der Waals surface area contributed by atoms with Crippen LogP contribution in [0.4, 0.5) is 0 Å². The largest absolute Gasteiger partial charge is 0.338 e. The van der Waals surface area contributed by atoms with Gasteiger partial charge in [0.1, 0.15) is 0 Å². The van der Waals surface area contributed by atoms with Crippen molar-refractivity contribution in [2.75, 3.05) is 26.7 Å². The van der Waals surface area contributed by atoms with Crippen molar-refractivity contribution in [2.24, 2.45) is 5.92 Å². The van der Waals surface area contributed by atoms with Crippen LogP contribution in [0.3, 0.4) is 0 Å². The fraction of sp³-hybridized carbons (Fsp3) is 0.562. The average Bonchev–Trinajstić information content (AvgIpc) is 2.39. The van der Waals surface area contributed by atoms with E-state index in [2.05, 4.69) is 18.3 Å². The molecule has 2 rings (SSSR count). The Morgan fingerprint density at radius 3 is 2.89 bits per heavy atom. The topological polar surface area (TPSA) is 32.3 Å². The van der Waals surface area contributed by atoms with Crippen molar-refractivity contribution < 1.29 is 4.79 Å². The quantitative estimate of drug-likeness (QED) is 0.905. The first-order valence-electron chi connectivity index (χ1n) is 7.13. The molecule has 1 aromatic rings. The van der Waals surface area contributed by atoms with E-state index in [1.54, 1.807) is 0 Å². The third kappa shape index (κ3) is 3.35. The molecule has 1 N–H and O–H groups in total. The molecule has 1 saturated heterocycles. The van der Waals surface area contributed by atoms with Gasteiger partial charge in [0, 0.05) is 18.7 Å². The number of benzene rings is 1. The van der Waals surface area contributed by atoms with Gasteiger partial charge >= 0.3 is 0 Å². The highest BCUT2D eigenvalue weighted by atomic mass is 16.2. The molecule has 19 heavy (non-hydrogen) atoms. The van der Waals surface area contributed by atoms with Gasteiger partial charge in [-0.2, -0.15) is 0 Å². The van der Waals surface area contributed by atoms with Gasteiger partial charge in [0.25, 0.3) is 5.91 Å². The van der Waals surface area contributed by atoms with E-state index in [1.807, 2.05) is 31.0 Å². The van der Waals surface area contributed by atoms with Crippen molar-refractivity contribution in [3.63, 3.8) is 0 Å². The van der Waals surface area contributed by atoms with Gasteiger partial charge in [-0.1, -0.05) is 17.7 Å². The summed E-state index contributed by atoms with van der Waals surface area (Å²) in [5, 5.41) is 3.22. The zero-order valence-electron chi connectivity index (χ0n) is 12.2. The highest BCUT2D eigenvalue weighted by molar-refractivity contribution is 5.95. The first-order valence-corrected chi connectivity index (χ1v) is 7.13. The van der Waals surface area contributed by atoms with Crippen molar-refractivity contribution in [3.05, 3.63) is 34.9 Å². The molecular weight excluding hydrogens is 236 g/mol. The molecule has 3 nitrogen and oxygen atoms in total. The number of rotatable bonds is 3. The molecule has 104 valence electrons. The zero-order chi connectivity index (χ0) is 13.8. The van der Waals surface area contributed by atoms with E-state index in [0.717, 1.165) is 37.2 Å². The molecule has 0 aliphatic carbocycles. The van der Waals surface area contributed by atoms with Gasteiger partial charge in [0.2, 0.25) is 0 Å². The van der Waals surface area contributed by atoms with Gasteiger partial charge in [-0.05, 0) is 57.8 Å². The molecule has 1 fully saturated rings. The third-order valence-corrected chi connectivity index (χ3v) is 3.91. The van der Waals surface area contributed by atoms with Crippen molar-refractivity contribution in [2.45, 2.75) is 26.7 Å². The standard InChI is InChI=1S/C16H24N2O/c1-12-6-7-15(13(2)9-12)16(19)18-8-4-5-14(11-18)10-17-3/h6-7,9,14,17H,4-5,8,10-11H2,1-3H3/t14-/m1/s1. The molecule has 0 aromatic heterocycles. The predicted molar refractivity (Wildman–Crippen MR) is 78.5 cm³/mol. The molecule has 3 heteroatoms. The zero-order valence-corrected chi connectivity index (χ0v) is 12.2. The van der Waals surface area contributed by atoms with Gasteiger partial charge in [0.05, 0.1) is 0 Å². The second-order valence-corrected chi connectivity index (χ2v) is 5.64. The number of carbonyl (C=O) groups is 1. The molecule has 1 heterocycles. The van der Waals surface area contributed by atoms with Crippen molar-refractivity contribution >= 4 is 5.91 Å². The minimum atomic E-state index is 0.193. The van der Waals surface area contributed by atoms with Crippen LogP contribution in [0, 0.1) is 19.8 Å². The summed E-state index contributed by atoms with van der Waals surface area (Å²) < 4.78 is 0. The lowest BCUT2D eigenvalue weighted by molar-refractivity contribution is 0.0673. The van der Waals surface area contributed by atoms with Gasteiger partial charge in [-0.25, -0.2) is 0 Å². The first-order chi connectivity index (χ1) is 9.11. The number of hydrogen-bond donors (Lipinski definition) is 1. The second kappa shape index (κ2) is 6.20. The Morgan fingerprint density at radius 2 is 2.21 bits per heavy atom. The van der Waals surface area contributed by atoms with Crippen molar-refractivity contribution in [3.8, 4) is 0 Å². The Bertz CT molecular complexity index is 454. The molecule has 0 radical (unpaired) electrons. The van der Waals surface area contributed by atoms with Crippen LogP contribution in [0.5, 0.6) is 0 Å². The molecule has 1 atom stereocenters. The van der Waals surface area contributed by atoms with Crippen molar-refractivity contribution in [1.29, 1.82) is 0 Å². The lowest BCUT2D eigenvalue weighted by Gasteiger charge is -2.33. The maximum atomic E-state index is 12.6. The molecule has 0 spiro atoms. The summed E-state index contributed by atoms with van der Waals surface area (Å²) in [6.07, 6.45) is 2.33. The van der Waals surface area contributed by atoms with Gasteiger partial charge < -0.3 is 10.2 Å². The fourth-order valence-electron chi connectivity index (χ4n) is 2.93. The minimum Gasteiger partial charge on any atom is -0.338 e. The normalized spacial score (nSPS) is 19.5. The van der Waals surface area contributed by atoms with E-state index in [1.165, 1.54) is 12.0 Å². The molecule has 0 unspecified atom stereocenters. The van der Waals surface area contributed by atoms with E-state index in [9.17, 15) is 4.79 Å². The van der Waals surface area contributed by atoms with Crippen LogP contribution >= 0.6 is 0 Å². The highest BCUT2D eigenvalue weighted by Gasteiger charge is 2.24. The summed E-state index contributed by atoms with van der Waals surface area (Å²) in [5.74, 6) is 0.784. The summed E-state index contributed by atoms with van der Waals surface area (Å²) in [7, 11) is 1.98. The SMILES string of the molecule is CNC[C@H]1CCCN(C(=O)c2ccc(C)cc2C)C1. The monoisotopic (exact) mass is 260 g/mol. The lowest BCUT2D eigenvalue weighted by Crippen LogP contribution is -2.42. The van der Waals surface area contributed by atoms with Crippen LogP contribution in [-0.4, -0.2) is 37.5 Å². The molecule has 0 saturated carbocycles. The molecule has 1 aromatic carbocycles. The van der Waals surface area contributed by atoms with E-state index >= 15 is 0 Å². The Balaban J connectivity index is 2.10. The molecule has 1 aliphatic rings. The van der Waals surface area contributed by atoms with E-state index in [0.29, 0.717) is 5.92 Å². The third-order valence-electron chi connectivity index (χ3n) is 3.91. The summed E-state index contributed by atoms with van der Waals surface area (Å²) in [4.78, 5) is 14.6. The lowest BCUT2D eigenvalue weighted by atomic mass is 9.96. The number of likely N-dealkylation sites (tertiary alicyclic amines) is 1. The van der Waals surface area contributed by atoms with Gasteiger partial charge in [-0.3, -0.25) is 4.79 Å². The molecular formula is C16H24N2O. The Hall–Kier alpha value is -1.35. The number of nitrogens with one attached hydrogen (secondary N) is 1. The van der Waals surface area contributed by atoms with E-state index in [4.69, 9.17) is 0 Å². The maximum Gasteiger partial charge on any atom is 0.254 e. The van der Waals surface area contributed by atoms with Crippen LogP contribution in [0.15, 0.2) is 18.2 Å². The number of amides is 1. The van der Waals surface area contributed by atoms with Crippen molar-refractivity contribution in [1.82, 2.24) is 10.2 Å². The molecule has 1 aliphatic heterocycles. The maximum absolute atomic E-state index is 12.6. The summed E-state index contributed by atoms with van der Waals surface area (Å²) >= 11 is 0. The van der Waals surface area contributed by atoms with E-state index in [-0.39, 0.29) is 5.91 Å². The molecule has 0 bridgehead atoms. The summed E-state index contributed by atoms with van der Waals surface area (Å²) in [6.45, 7) is 6.86. The van der Waals surface area contributed by atoms with E-state index < -0.39 is 0 Å². The van der Waals surface area contributed by atoms with Gasteiger partial charge in [-0.15, -0.1) is 0 Å². The summed E-state index contributed by atoms with van der Waals surface area (Å²) in [5.41, 5.74) is 3.15. The Kier molecular flexibility index (Phi) is 4.59. The number of aryl methyl sites for hydroxylation is 2. The van der Waals surface area contributed by atoms with Crippen LogP contribution in [-0.2, 0) is 0 Å². The average molecular weight is 260 g/mol.